The molecule has 1 aromatic carbocycles. The third kappa shape index (κ3) is 3.61. The fraction of sp³-hybridized carbons (Fsp3) is 0.312. The molecule has 0 fully saturated rings. The van der Waals surface area contributed by atoms with Crippen molar-refractivity contribution in [3.05, 3.63) is 57.8 Å². The molecule has 118 valence electrons. The Hall–Kier alpha value is -1.56. The highest BCUT2D eigenvalue weighted by Crippen LogP contribution is 2.39. The van der Waals surface area contributed by atoms with E-state index in [1.165, 1.54) is 6.07 Å². The van der Waals surface area contributed by atoms with Crippen LogP contribution < -0.4 is 4.74 Å². The zero-order chi connectivity index (χ0) is 16.3. The van der Waals surface area contributed by atoms with Crippen molar-refractivity contribution in [3.8, 4) is 5.75 Å². The van der Waals surface area contributed by atoms with Crippen LogP contribution in [0.25, 0.3) is 0 Å². The van der Waals surface area contributed by atoms with Gasteiger partial charge in [0.05, 0.1) is 11.3 Å². The summed E-state index contributed by atoms with van der Waals surface area (Å²) < 4.78 is 44.3. The Kier molecular flexibility index (Phi) is 5.11. The Balaban J connectivity index is 0.000000847. The number of halogens is 4. The molecule has 1 aliphatic heterocycles. The lowest BCUT2D eigenvalue weighted by atomic mass is 10.0. The van der Waals surface area contributed by atoms with E-state index in [1.54, 1.807) is 12.1 Å². The summed E-state index contributed by atoms with van der Waals surface area (Å²) in [5.41, 5.74) is 0.610. The van der Waals surface area contributed by atoms with Crippen molar-refractivity contribution in [1.82, 2.24) is 4.98 Å². The first-order chi connectivity index (χ1) is 10.4. The van der Waals surface area contributed by atoms with Crippen LogP contribution >= 0.6 is 15.9 Å². The Morgan fingerprint density at radius 1 is 1.18 bits per heavy atom. The first-order valence-electron chi connectivity index (χ1n) is 6.93. The normalized spacial score (nSPS) is 16.4. The molecule has 0 amide bonds. The highest BCUT2D eigenvalue weighted by molar-refractivity contribution is 9.10. The molecule has 3 rings (SSSR count). The maximum atomic E-state index is 12.7. The Labute approximate surface area is 135 Å². The molecule has 0 N–H and O–H groups in total. The largest absolute Gasteiger partial charge is 0.483 e. The van der Waals surface area contributed by atoms with Gasteiger partial charge in [-0.1, -0.05) is 19.9 Å². The third-order valence-corrected chi connectivity index (χ3v) is 3.57. The fourth-order valence-corrected chi connectivity index (χ4v) is 2.55. The van der Waals surface area contributed by atoms with E-state index in [4.69, 9.17) is 4.74 Å². The van der Waals surface area contributed by atoms with Crippen molar-refractivity contribution in [3.63, 3.8) is 0 Å². The summed E-state index contributed by atoms with van der Waals surface area (Å²) in [5, 5.41) is 0. The van der Waals surface area contributed by atoms with Crippen LogP contribution in [0.2, 0.25) is 0 Å². The monoisotopic (exact) mass is 373 g/mol. The topological polar surface area (TPSA) is 22.1 Å². The molecule has 0 spiro atoms. The van der Waals surface area contributed by atoms with E-state index in [-0.39, 0.29) is 6.10 Å². The molecule has 2 nitrogen and oxygen atoms in total. The van der Waals surface area contributed by atoms with Crippen LogP contribution in [0.1, 0.15) is 36.8 Å². The van der Waals surface area contributed by atoms with E-state index >= 15 is 0 Å². The molecule has 1 atom stereocenters. The van der Waals surface area contributed by atoms with E-state index in [0.29, 0.717) is 28.0 Å². The van der Waals surface area contributed by atoms with Gasteiger partial charge >= 0.3 is 6.18 Å². The van der Waals surface area contributed by atoms with Gasteiger partial charge < -0.3 is 4.74 Å². The number of hydrogen-bond donors (Lipinski definition) is 0. The van der Waals surface area contributed by atoms with Gasteiger partial charge in [-0.25, -0.2) is 4.98 Å². The summed E-state index contributed by atoms with van der Waals surface area (Å²) in [7, 11) is 0. The average molecular weight is 374 g/mol. The molecule has 6 heteroatoms. The van der Waals surface area contributed by atoms with Gasteiger partial charge in [0.1, 0.15) is 16.5 Å². The summed E-state index contributed by atoms with van der Waals surface area (Å²) in [6.07, 6.45) is -4.28. The lowest BCUT2D eigenvalue weighted by Crippen LogP contribution is -2.05. The molecule has 22 heavy (non-hydrogen) atoms. The molecule has 0 saturated heterocycles. The predicted molar refractivity (Wildman–Crippen MR) is 81.8 cm³/mol. The van der Waals surface area contributed by atoms with Crippen LogP contribution in [0.5, 0.6) is 5.75 Å². The van der Waals surface area contributed by atoms with Gasteiger partial charge in [0.15, 0.2) is 0 Å². The summed E-state index contributed by atoms with van der Waals surface area (Å²) in [4.78, 5) is 4.28. The smallest absolute Gasteiger partial charge is 0.416 e. The van der Waals surface area contributed by atoms with Crippen molar-refractivity contribution in [2.45, 2.75) is 32.5 Å². The Morgan fingerprint density at radius 3 is 2.55 bits per heavy atom. The Morgan fingerprint density at radius 2 is 1.91 bits per heavy atom. The molecular formula is C16H15BrF3NO. The minimum absolute atomic E-state index is 0.342. The van der Waals surface area contributed by atoms with Crippen LogP contribution in [0.3, 0.4) is 0 Å². The number of rotatable bonds is 1. The van der Waals surface area contributed by atoms with Gasteiger partial charge in [-0.05, 0) is 51.8 Å². The maximum absolute atomic E-state index is 12.7. The second-order valence-corrected chi connectivity index (χ2v) is 5.33. The predicted octanol–water partition coefficient (Wildman–Crippen LogP) is 5.57. The number of hydrogen-bond acceptors (Lipinski definition) is 2. The number of nitrogens with zero attached hydrogens (tertiary/aromatic N) is 1. The molecule has 1 unspecified atom stereocenters. The molecule has 2 heterocycles. The lowest BCUT2D eigenvalue weighted by molar-refractivity contribution is -0.137. The second-order valence-electron chi connectivity index (χ2n) is 4.52. The number of aromatic nitrogens is 1. The van der Waals surface area contributed by atoms with Crippen LogP contribution in [-0.4, -0.2) is 4.98 Å². The molecule has 0 saturated carbocycles. The first kappa shape index (κ1) is 16.8. The van der Waals surface area contributed by atoms with Crippen LogP contribution in [-0.2, 0) is 12.6 Å². The summed E-state index contributed by atoms with van der Waals surface area (Å²) in [5.74, 6) is 0.491. The standard InChI is InChI=1S/C14H9BrF3NO.C2H6/c15-13-3-1-2-10(19-13)12-7-8-6-9(14(16,17)18)4-5-11(8)20-12;1-2/h1-6,12H,7H2;1-2H3. The highest BCUT2D eigenvalue weighted by atomic mass is 79.9. The average Bonchev–Trinajstić information content (AvgIpc) is 2.91. The molecule has 1 aromatic heterocycles. The fourth-order valence-electron chi connectivity index (χ4n) is 2.19. The summed E-state index contributed by atoms with van der Waals surface area (Å²) in [6, 6.07) is 8.96. The van der Waals surface area contributed by atoms with Crippen molar-refractivity contribution in [1.29, 1.82) is 0 Å². The van der Waals surface area contributed by atoms with Gasteiger partial charge in [0.25, 0.3) is 0 Å². The number of benzene rings is 1. The zero-order valence-electron chi connectivity index (χ0n) is 12.1. The van der Waals surface area contributed by atoms with Gasteiger partial charge in [0, 0.05) is 6.42 Å². The van der Waals surface area contributed by atoms with Gasteiger partial charge in [-0.2, -0.15) is 13.2 Å². The van der Waals surface area contributed by atoms with Crippen molar-refractivity contribution >= 4 is 15.9 Å². The van der Waals surface area contributed by atoms with Crippen molar-refractivity contribution in [2.24, 2.45) is 0 Å². The molecule has 2 aromatic rings. The molecule has 1 aliphatic rings. The molecule has 0 bridgehead atoms. The van der Waals surface area contributed by atoms with Crippen LogP contribution in [0.15, 0.2) is 41.0 Å². The van der Waals surface area contributed by atoms with Gasteiger partial charge in [-0.15, -0.1) is 0 Å². The highest BCUT2D eigenvalue weighted by Gasteiger charge is 2.33. The molecular weight excluding hydrogens is 359 g/mol. The maximum Gasteiger partial charge on any atom is 0.416 e. The van der Waals surface area contributed by atoms with Gasteiger partial charge in [-0.3, -0.25) is 0 Å². The van der Waals surface area contributed by atoms with Crippen molar-refractivity contribution < 1.29 is 17.9 Å². The number of alkyl halides is 3. The lowest BCUT2D eigenvalue weighted by Gasteiger charge is -2.10. The van der Waals surface area contributed by atoms with E-state index < -0.39 is 11.7 Å². The number of pyridine rings is 1. The summed E-state index contributed by atoms with van der Waals surface area (Å²) in [6.45, 7) is 4.00. The second kappa shape index (κ2) is 6.69. The van der Waals surface area contributed by atoms with Crippen LogP contribution in [0.4, 0.5) is 13.2 Å². The van der Waals surface area contributed by atoms with Gasteiger partial charge in [0.2, 0.25) is 0 Å². The minimum atomic E-state index is -4.33. The van der Waals surface area contributed by atoms with Crippen LogP contribution in [0, 0.1) is 0 Å². The Bertz CT molecular complexity index is 658. The van der Waals surface area contributed by atoms with E-state index in [0.717, 1.165) is 12.1 Å². The number of ether oxygens (including phenoxy) is 1. The number of fused-ring (bicyclic) bond motifs is 1. The zero-order valence-corrected chi connectivity index (χ0v) is 13.7. The SMILES string of the molecule is CC.FC(F)(F)c1ccc2c(c1)CC(c1cccc(Br)n1)O2. The first-order valence-corrected chi connectivity index (χ1v) is 7.72. The van der Waals surface area contributed by atoms with E-state index in [1.807, 2.05) is 19.9 Å². The van der Waals surface area contributed by atoms with E-state index in [2.05, 4.69) is 20.9 Å². The van der Waals surface area contributed by atoms with Crippen molar-refractivity contribution in [2.75, 3.05) is 0 Å². The van der Waals surface area contributed by atoms with E-state index in [9.17, 15) is 13.2 Å². The quantitative estimate of drug-likeness (QED) is 0.610. The molecule has 0 radical (unpaired) electrons. The summed E-state index contributed by atoms with van der Waals surface area (Å²) >= 11 is 3.27. The minimum Gasteiger partial charge on any atom is -0.483 e. The third-order valence-electron chi connectivity index (χ3n) is 3.13. The molecule has 0 aliphatic carbocycles.